The van der Waals surface area contributed by atoms with E-state index >= 15 is 0 Å². The van der Waals surface area contributed by atoms with Gasteiger partial charge in [-0.1, -0.05) is 26.8 Å². The summed E-state index contributed by atoms with van der Waals surface area (Å²) in [5.41, 5.74) is 2.39. The lowest BCUT2D eigenvalue weighted by atomic mass is 9.84. The van der Waals surface area contributed by atoms with Crippen LogP contribution in [0.4, 0.5) is 0 Å². The zero-order chi connectivity index (χ0) is 21.4. The zero-order valence-electron chi connectivity index (χ0n) is 18.4. The van der Waals surface area contributed by atoms with Gasteiger partial charge in [-0.05, 0) is 74.2 Å². The summed E-state index contributed by atoms with van der Waals surface area (Å²) in [6, 6.07) is 11.1. The van der Waals surface area contributed by atoms with Gasteiger partial charge in [0.25, 0.3) is 0 Å². The molecule has 0 N–H and O–H groups in total. The zero-order valence-corrected chi connectivity index (χ0v) is 18.4. The molecular weight excluding hydrogens is 364 g/mol. The van der Waals surface area contributed by atoms with E-state index in [2.05, 4.69) is 20.8 Å². The van der Waals surface area contributed by atoms with E-state index in [1.54, 1.807) is 24.3 Å². The fourth-order valence-electron chi connectivity index (χ4n) is 3.13. The molecule has 0 atom stereocenters. The van der Waals surface area contributed by atoms with Gasteiger partial charge in [0, 0.05) is 11.1 Å². The summed E-state index contributed by atoms with van der Waals surface area (Å²) in [7, 11) is 0. The first-order valence-electron chi connectivity index (χ1n) is 10.2. The number of allylic oxidation sites excluding steroid dienone is 1. The predicted molar refractivity (Wildman–Crippen MR) is 118 cm³/mol. The minimum absolute atomic E-state index is 0.0659. The standard InChI is InChI=1S/C25H32O4/c1-7-27-20-13-11-19(12-14-20)21(26)15-10-18-16-22(28-8-2)24(25(4,5)6)23(17-18)29-9-3/h10-17H,7-9H2,1-6H3. The van der Waals surface area contributed by atoms with Gasteiger partial charge in [-0.3, -0.25) is 4.79 Å². The van der Waals surface area contributed by atoms with E-state index in [-0.39, 0.29) is 11.2 Å². The number of ether oxygens (including phenoxy) is 3. The maximum absolute atomic E-state index is 12.5. The average Bonchev–Trinajstić information content (AvgIpc) is 2.66. The van der Waals surface area contributed by atoms with Gasteiger partial charge in [0.15, 0.2) is 5.78 Å². The third kappa shape index (κ3) is 6.11. The van der Waals surface area contributed by atoms with E-state index in [0.29, 0.717) is 25.4 Å². The van der Waals surface area contributed by atoms with Gasteiger partial charge in [0.1, 0.15) is 17.2 Å². The first-order valence-corrected chi connectivity index (χ1v) is 10.2. The Bertz CT molecular complexity index is 815. The van der Waals surface area contributed by atoms with Crippen molar-refractivity contribution in [3.05, 3.63) is 59.2 Å². The lowest BCUT2D eigenvalue weighted by molar-refractivity contribution is 0.104. The number of hydrogen-bond donors (Lipinski definition) is 0. The van der Waals surface area contributed by atoms with Crippen LogP contribution in [0, 0.1) is 0 Å². The fourth-order valence-corrected chi connectivity index (χ4v) is 3.13. The Labute approximate surface area is 174 Å². The molecule has 29 heavy (non-hydrogen) atoms. The SMILES string of the molecule is CCOc1ccc(C(=O)C=Cc2cc(OCC)c(C(C)(C)C)c(OCC)c2)cc1. The molecule has 0 aliphatic carbocycles. The highest BCUT2D eigenvalue weighted by molar-refractivity contribution is 6.06. The molecule has 0 radical (unpaired) electrons. The Balaban J connectivity index is 2.34. The van der Waals surface area contributed by atoms with Gasteiger partial charge in [-0.2, -0.15) is 0 Å². The molecule has 0 saturated carbocycles. The van der Waals surface area contributed by atoms with Crippen molar-refractivity contribution in [2.45, 2.75) is 47.0 Å². The molecule has 0 aromatic heterocycles. The normalized spacial score (nSPS) is 11.5. The Morgan fingerprint density at radius 1 is 0.862 bits per heavy atom. The van der Waals surface area contributed by atoms with Crippen LogP contribution < -0.4 is 14.2 Å². The number of carbonyl (C=O) groups is 1. The van der Waals surface area contributed by atoms with Crippen LogP contribution >= 0.6 is 0 Å². The highest BCUT2D eigenvalue weighted by Crippen LogP contribution is 2.40. The first-order chi connectivity index (χ1) is 13.8. The molecule has 4 nitrogen and oxygen atoms in total. The highest BCUT2D eigenvalue weighted by atomic mass is 16.5. The van der Waals surface area contributed by atoms with Gasteiger partial charge in [0.05, 0.1) is 19.8 Å². The third-order valence-corrected chi connectivity index (χ3v) is 4.31. The number of ketones is 1. The Morgan fingerprint density at radius 2 is 1.38 bits per heavy atom. The summed E-state index contributed by atoms with van der Waals surface area (Å²) in [5, 5.41) is 0. The summed E-state index contributed by atoms with van der Waals surface area (Å²) >= 11 is 0. The van der Waals surface area contributed by atoms with Gasteiger partial charge in [-0.25, -0.2) is 0 Å². The molecular formula is C25H32O4. The van der Waals surface area contributed by atoms with Crippen LogP contribution in [0.1, 0.15) is 63.0 Å². The van der Waals surface area contributed by atoms with Gasteiger partial charge in [0.2, 0.25) is 0 Å². The van der Waals surface area contributed by atoms with Crippen LogP contribution in [0.3, 0.4) is 0 Å². The van der Waals surface area contributed by atoms with Crippen molar-refractivity contribution >= 4 is 11.9 Å². The van der Waals surface area contributed by atoms with Crippen molar-refractivity contribution < 1.29 is 19.0 Å². The van der Waals surface area contributed by atoms with Crippen LogP contribution in [0.2, 0.25) is 0 Å². The van der Waals surface area contributed by atoms with Gasteiger partial charge < -0.3 is 14.2 Å². The summed E-state index contributed by atoms with van der Waals surface area (Å²) in [6.07, 6.45) is 3.38. The molecule has 0 bridgehead atoms. The van der Waals surface area contributed by atoms with Crippen LogP contribution in [-0.4, -0.2) is 25.6 Å². The first kappa shape index (κ1) is 22.5. The van der Waals surface area contributed by atoms with E-state index in [4.69, 9.17) is 14.2 Å². The topological polar surface area (TPSA) is 44.8 Å². The van der Waals surface area contributed by atoms with Crippen LogP contribution in [-0.2, 0) is 5.41 Å². The smallest absolute Gasteiger partial charge is 0.185 e. The monoisotopic (exact) mass is 396 g/mol. The maximum Gasteiger partial charge on any atom is 0.185 e. The van der Waals surface area contributed by atoms with E-state index < -0.39 is 0 Å². The van der Waals surface area contributed by atoms with Crippen LogP contribution in [0.15, 0.2) is 42.5 Å². The molecule has 0 aliphatic heterocycles. The third-order valence-electron chi connectivity index (χ3n) is 4.31. The molecule has 2 aromatic carbocycles. The molecule has 0 fully saturated rings. The lowest BCUT2D eigenvalue weighted by Gasteiger charge is -2.26. The molecule has 2 aromatic rings. The second-order valence-electron chi connectivity index (χ2n) is 7.66. The number of benzene rings is 2. The number of rotatable bonds is 9. The maximum atomic E-state index is 12.5. The van der Waals surface area contributed by atoms with Crippen molar-refractivity contribution in [1.29, 1.82) is 0 Å². The second-order valence-corrected chi connectivity index (χ2v) is 7.66. The summed E-state index contributed by atoms with van der Waals surface area (Å²) in [5.74, 6) is 2.27. The summed E-state index contributed by atoms with van der Waals surface area (Å²) in [4.78, 5) is 12.5. The summed E-state index contributed by atoms with van der Waals surface area (Å²) in [6.45, 7) is 14.0. The van der Waals surface area contributed by atoms with Gasteiger partial charge >= 0.3 is 0 Å². The molecule has 4 heteroatoms. The van der Waals surface area contributed by atoms with Crippen LogP contribution in [0.5, 0.6) is 17.2 Å². The second kappa shape index (κ2) is 10.1. The van der Waals surface area contributed by atoms with Crippen molar-refractivity contribution in [2.75, 3.05) is 19.8 Å². The van der Waals surface area contributed by atoms with E-state index in [1.165, 1.54) is 0 Å². The Hall–Kier alpha value is -2.75. The van der Waals surface area contributed by atoms with E-state index in [1.807, 2.05) is 45.0 Å². The summed E-state index contributed by atoms with van der Waals surface area (Å²) < 4.78 is 17.2. The molecule has 0 saturated heterocycles. The minimum Gasteiger partial charge on any atom is -0.494 e. The number of hydrogen-bond acceptors (Lipinski definition) is 4. The predicted octanol–water partition coefficient (Wildman–Crippen LogP) is 6.08. The average molecular weight is 397 g/mol. The Kier molecular flexibility index (Phi) is 7.89. The molecule has 0 aliphatic rings. The van der Waals surface area contributed by atoms with Crippen molar-refractivity contribution in [3.8, 4) is 17.2 Å². The Morgan fingerprint density at radius 3 is 1.83 bits per heavy atom. The van der Waals surface area contributed by atoms with Crippen molar-refractivity contribution in [2.24, 2.45) is 0 Å². The lowest BCUT2D eigenvalue weighted by Crippen LogP contribution is -2.16. The van der Waals surface area contributed by atoms with E-state index in [9.17, 15) is 4.79 Å². The molecule has 0 spiro atoms. The molecule has 2 rings (SSSR count). The largest absolute Gasteiger partial charge is 0.494 e. The van der Waals surface area contributed by atoms with Crippen molar-refractivity contribution in [3.63, 3.8) is 0 Å². The fraction of sp³-hybridized carbons (Fsp3) is 0.400. The molecule has 156 valence electrons. The van der Waals surface area contributed by atoms with E-state index in [0.717, 1.165) is 28.4 Å². The number of carbonyl (C=O) groups excluding carboxylic acids is 1. The molecule has 0 unspecified atom stereocenters. The van der Waals surface area contributed by atoms with Crippen LogP contribution in [0.25, 0.3) is 6.08 Å². The molecule has 0 heterocycles. The van der Waals surface area contributed by atoms with Gasteiger partial charge in [-0.15, -0.1) is 0 Å². The molecule has 0 amide bonds. The highest BCUT2D eigenvalue weighted by Gasteiger charge is 2.25. The van der Waals surface area contributed by atoms with Crippen molar-refractivity contribution in [1.82, 2.24) is 0 Å². The quantitative estimate of drug-likeness (QED) is 0.381. The minimum atomic E-state index is -0.130.